The fraction of sp³-hybridized carbons (Fsp3) is 0.481. The number of ketones is 6. The molecule has 3 aliphatic carbocycles. The van der Waals surface area contributed by atoms with Gasteiger partial charge in [0.05, 0.1) is 5.92 Å². The summed E-state index contributed by atoms with van der Waals surface area (Å²) in [6.07, 6.45) is 3.33. The van der Waals surface area contributed by atoms with E-state index in [1.165, 1.54) is 33.8 Å². The van der Waals surface area contributed by atoms with Crippen LogP contribution in [-0.4, -0.2) is 51.0 Å². The van der Waals surface area contributed by atoms with Gasteiger partial charge in [-0.25, -0.2) is 0 Å². The maximum absolute atomic E-state index is 12.5. The Bertz CT molecular complexity index is 3500. The van der Waals surface area contributed by atoms with Crippen molar-refractivity contribution in [1.29, 1.82) is 0 Å². The SMILES string of the molecule is CC(C)C1C(=O)Cc2ccccc2C1(C)C.CC(C)C1C(=O)Cc2ccccc2C1=O.CC(C)C1C(=O)c2ccccc2SC1(C)C.CC(C)C1CSc2ccccc2C1.CC(C)C1CSc2ccccc2C1=O.CC(C)C1Cc2ccccc2C(=O)C1(C)C. The minimum absolute atomic E-state index is 0.000394. The topological polar surface area (TPSA) is 102 Å². The van der Waals surface area contributed by atoms with E-state index in [9.17, 15) is 28.8 Å². The number of benzene rings is 6. The van der Waals surface area contributed by atoms with Crippen LogP contribution in [0.1, 0.15) is 194 Å². The Kier molecular flexibility index (Phi) is 24.6. The van der Waals surface area contributed by atoms with Crippen molar-refractivity contribution in [2.45, 2.75) is 175 Å². The zero-order valence-corrected chi connectivity index (χ0v) is 59.7. The lowest BCUT2D eigenvalue weighted by atomic mass is 9.61. The number of thioether (sulfide) groups is 3. The van der Waals surface area contributed by atoms with Gasteiger partial charge in [0.1, 0.15) is 11.6 Å². The van der Waals surface area contributed by atoms with Gasteiger partial charge < -0.3 is 0 Å². The van der Waals surface area contributed by atoms with E-state index in [0.717, 1.165) is 61.6 Å². The standard InChI is InChI=1S/2C15H20O.C14H18OS.C13H14O2.C12H14OS.C12H16S/c1-10(2)14-13(16)9-11-7-5-6-8-12(11)15(14,3)4;1-10(2)13-9-11-7-5-6-8-12(11)14(16)15(13,3)4;1-9(2)12-13(15)10-7-5-6-8-11(10)16-14(12,3)4;1-8(2)12-11(14)7-9-5-3-4-6-10(9)13(12)15;1-8(2)10-7-14-11-6-4-3-5-9(11)12(10)13;1-9(2)11-7-10-5-3-4-6-12(10)13-8-11/h5-8,10,14H,9H2,1-4H3;5-8,10,13H,9H2,1-4H3;5-9,12H,1-4H3;3-6,8,12H,7H2,1-2H3;3-6,8,10H,7H2,1-2H3;3-6,9,11H,7-8H2,1-2H3. The molecular weight excluding hydrogens is 1170 g/mol. The van der Waals surface area contributed by atoms with E-state index in [1.807, 2.05) is 140 Å². The molecule has 0 aromatic heterocycles. The molecule has 0 radical (unpaired) electrons. The van der Waals surface area contributed by atoms with Crippen LogP contribution in [0.3, 0.4) is 0 Å². The first-order chi connectivity index (χ1) is 42.4. The van der Waals surface area contributed by atoms with E-state index in [1.54, 1.807) is 5.56 Å². The van der Waals surface area contributed by atoms with Crippen LogP contribution in [0.25, 0.3) is 0 Å². The number of hydrogen-bond donors (Lipinski definition) is 0. The molecule has 0 N–H and O–H groups in total. The molecule has 480 valence electrons. The van der Waals surface area contributed by atoms with Crippen LogP contribution >= 0.6 is 35.3 Å². The minimum Gasteiger partial charge on any atom is -0.299 e. The zero-order chi connectivity index (χ0) is 66.2. The van der Waals surface area contributed by atoms with Gasteiger partial charge in [0.2, 0.25) is 0 Å². The molecule has 0 saturated heterocycles. The summed E-state index contributed by atoms with van der Waals surface area (Å²) < 4.78 is -0.000394. The molecule has 0 saturated carbocycles. The highest BCUT2D eigenvalue weighted by Crippen LogP contribution is 2.49. The molecule has 0 spiro atoms. The summed E-state index contributed by atoms with van der Waals surface area (Å²) in [5.74, 6) is 7.75. The number of fused-ring (bicyclic) bond motifs is 6. The van der Waals surface area contributed by atoms with Gasteiger partial charge in [0.15, 0.2) is 23.1 Å². The molecule has 6 aromatic carbocycles. The number of hydrogen-bond acceptors (Lipinski definition) is 9. The largest absolute Gasteiger partial charge is 0.299 e. The van der Waals surface area contributed by atoms with Crippen molar-refractivity contribution in [3.8, 4) is 0 Å². The Morgan fingerprint density at radius 2 is 0.856 bits per heavy atom. The van der Waals surface area contributed by atoms with E-state index in [-0.39, 0.29) is 50.8 Å². The first-order valence-corrected chi connectivity index (χ1v) is 35.9. The van der Waals surface area contributed by atoms with Crippen molar-refractivity contribution in [3.63, 3.8) is 0 Å². The van der Waals surface area contributed by atoms with Crippen LogP contribution in [0.2, 0.25) is 0 Å². The van der Waals surface area contributed by atoms with Gasteiger partial charge in [-0.05, 0) is 125 Å². The van der Waals surface area contributed by atoms with Crippen LogP contribution in [0.15, 0.2) is 160 Å². The Hall–Kier alpha value is -5.61. The van der Waals surface area contributed by atoms with Crippen molar-refractivity contribution in [1.82, 2.24) is 0 Å². The summed E-state index contributed by atoms with van der Waals surface area (Å²) in [5, 5.41) is 0. The lowest BCUT2D eigenvalue weighted by Gasteiger charge is -2.41. The first kappa shape index (κ1) is 71.8. The van der Waals surface area contributed by atoms with Gasteiger partial charge in [0.25, 0.3) is 0 Å². The number of carbonyl (C=O) groups is 6. The molecular formula is C81H102O6S3. The van der Waals surface area contributed by atoms with Crippen molar-refractivity contribution < 1.29 is 28.8 Å². The summed E-state index contributed by atoms with van der Waals surface area (Å²) >= 11 is 5.67. The summed E-state index contributed by atoms with van der Waals surface area (Å²) in [6, 6.07) is 48.5. The van der Waals surface area contributed by atoms with Gasteiger partial charge in [-0.1, -0.05) is 238 Å². The predicted octanol–water partition coefficient (Wildman–Crippen LogP) is 20.2. The molecule has 6 atom stereocenters. The maximum Gasteiger partial charge on any atom is 0.173 e. The van der Waals surface area contributed by atoms with Crippen molar-refractivity contribution in [2.75, 3.05) is 11.5 Å². The molecule has 0 amide bonds. The smallest absolute Gasteiger partial charge is 0.173 e. The summed E-state index contributed by atoms with van der Waals surface area (Å²) in [5.41, 5.74) is 9.48. The second-order valence-electron chi connectivity index (χ2n) is 29.3. The van der Waals surface area contributed by atoms with Crippen molar-refractivity contribution >= 4 is 70.0 Å². The van der Waals surface area contributed by atoms with Gasteiger partial charge >= 0.3 is 0 Å². The molecule has 12 rings (SSSR count). The van der Waals surface area contributed by atoms with Crippen LogP contribution in [0.5, 0.6) is 0 Å². The third-order valence-corrected chi connectivity index (χ3v) is 23.5. The molecule has 3 aliphatic heterocycles. The molecule has 0 bridgehead atoms. The average molecular weight is 1270 g/mol. The van der Waals surface area contributed by atoms with Gasteiger partial charge in [0, 0.05) is 89.2 Å². The highest BCUT2D eigenvalue weighted by Gasteiger charge is 2.46. The van der Waals surface area contributed by atoms with Crippen LogP contribution < -0.4 is 0 Å². The zero-order valence-electron chi connectivity index (χ0n) is 57.2. The summed E-state index contributed by atoms with van der Waals surface area (Å²) in [4.78, 5) is 76.8. The molecule has 3 heterocycles. The summed E-state index contributed by atoms with van der Waals surface area (Å²) in [6.45, 7) is 38.7. The lowest BCUT2D eigenvalue weighted by molar-refractivity contribution is -0.126. The van der Waals surface area contributed by atoms with Gasteiger partial charge in [-0.15, -0.1) is 35.3 Å². The molecule has 6 nitrogen and oxygen atoms in total. The van der Waals surface area contributed by atoms with E-state index < -0.39 is 5.92 Å². The number of Topliss-reactive ketones (excluding diaryl/α,β-unsaturated/α-hetero) is 6. The molecule has 6 unspecified atom stereocenters. The van der Waals surface area contributed by atoms with Crippen LogP contribution in [0.4, 0.5) is 0 Å². The van der Waals surface area contributed by atoms with Crippen molar-refractivity contribution in [3.05, 3.63) is 196 Å². The Labute approximate surface area is 553 Å². The maximum atomic E-state index is 12.5. The van der Waals surface area contributed by atoms with Crippen LogP contribution in [0, 0.1) is 76.4 Å². The van der Waals surface area contributed by atoms with E-state index in [0.29, 0.717) is 65.6 Å². The average Bonchev–Trinajstić information content (AvgIpc) is 2.69. The molecule has 9 heteroatoms. The molecule has 6 aliphatic rings. The van der Waals surface area contributed by atoms with Gasteiger partial charge in [-0.3, -0.25) is 28.8 Å². The number of rotatable bonds is 6. The van der Waals surface area contributed by atoms with E-state index >= 15 is 0 Å². The molecule has 6 aromatic rings. The highest BCUT2D eigenvalue weighted by atomic mass is 32.2. The second kappa shape index (κ2) is 30.9. The predicted molar refractivity (Wildman–Crippen MR) is 379 cm³/mol. The Balaban J connectivity index is 0.000000154. The van der Waals surface area contributed by atoms with E-state index in [2.05, 4.69) is 165 Å². The monoisotopic (exact) mass is 1270 g/mol. The fourth-order valence-corrected chi connectivity index (χ4v) is 19.1. The quantitative estimate of drug-likeness (QED) is 0.151. The van der Waals surface area contributed by atoms with Gasteiger partial charge in [-0.2, -0.15) is 0 Å². The highest BCUT2D eigenvalue weighted by molar-refractivity contribution is 8.01. The first-order valence-electron chi connectivity index (χ1n) is 33.1. The van der Waals surface area contributed by atoms with E-state index in [4.69, 9.17) is 0 Å². The Morgan fingerprint density at radius 3 is 1.42 bits per heavy atom. The molecule has 0 fully saturated rings. The Morgan fingerprint density at radius 1 is 0.378 bits per heavy atom. The van der Waals surface area contributed by atoms with Crippen LogP contribution in [-0.2, 0) is 40.7 Å². The van der Waals surface area contributed by atoms with Crippen molar-refractivity contribution in [2.24, 2.45) is 76.4 Å². The summed E-state index contributed by atoms with van der Waals surface area (Å²) in [7, 11) is 0. The minimum atomic E-state index is -0.431. The third-order valence-electron chi connectivity index (χ3n) is 19.6. The normalized spacial score (nSPS) is 22.3. The second-order valence-corrected chi connectivity index (χ2v) is 33.1. The number of carbonyl (C=O) groups excluding carboxylic acids is 6. The fourth-order valence-electron chi connectivity index (χ4n) is 14.8. The third kappa shape index (κ3) is 16.6. The lowest BCUT2D eigenvalue weighted by Crippen LogP contribution is -2.43. The molecule has 90 heavy (non-hydrogen) atoms.